The number of ketones is 1. The lowest BCUT2D eigenvalue weighted by molar-refractivity contribution is -0.120. The molecule has 2 atom stereocenters. The Kier molecular flexibility index (Phi) is 4.39. The Labute approximate surface area is 79.6 Å². The third-order valence-electron chi connectivity index (χ3n) is 2.59. The van der Waals surface area contributed by atoms with Gasteiger partial charge in [-0.15, -0.1) is 0 Å². The summed E-state index contributed by atoms with van der Waals surface area (Å²) in [6.07, 6.45) is 4.73. The minimum Gasteiger partial charge on any atom is -0.378 e. The highest BCUT2D eigenvalue weighted by Gasteiger charge is 2.18. The Balaban J connectivity index is 2.13. The Morgan fingerprint density at radius 3 is 3.00 bits per heavy atom. The van der Waals surface area contributed by atoms with Crippen LogP contribution in [0, 0.1) is 0 Å². The van der Waals surface area contributed by atoms with E-state index < -0.39 is 0 Å². The van der Waals surface area contributed by atoms with E-state index in [9.17, 15) is 4.79 Å². The standard InChI is InChI=1S/C10H19NO2/c1-2-9(11)10(12)6-5-8-4-3-7-13-8/h8-9H,2-7,11H2,1H3. The van der Waals surface area contributed by atoms with E-state index in [2.05, 4.69) is 0 Å². The van der Waals surface area contributed by atoms with Gasteiger partial charge in [-0.2, -0.15) is 0 Å². The maximum absolute atomic E-state index is 11.4. The number of Topliss-reactive ketones (excluding diaryl/α,β-unsaturated/α-hetero) is 1. The van der Waals surface area contributed by atoms with Crippen LogP contribution >= 0.6 is 0 Å². The van der Waals surface area contributed by atoms with Crippen molar-refractivity contribution in [2.24, 2.45) is 5.73 Å². The lowest BCUT2D eigenvalue weighted by Crippen LogP contribution is -2.30. The molecule has 0 saturated carbocycles. The van der Waals surface area contributed by atoms with Gasteiger partial charge in [0, 0.05) is 13.0 Å². The zero-order valence-corrected chi connectivity index (χ0v) is 8.29. The van der Waals surface area contributed by atoms with Gasteiger partial charge in [-0.25, -0.2) is 0 Å². The molecule has 3 nitrogen and oxygen atoms in total. The van der Waals surface area contributed by atoms with Crippen LogP contribution in [0.3, 0.4) is 0 Å². The number of ether oxygens (including phenoxy) is 1. The molecule has 1 fully saturated rings. The molecule has 2 unspecified atom stereocenters. The molecule has 3 heteroatoms. The van der Waals surface area contributed by atoms with Crippen molar-refractivity contribution in [3.05, 3.63) is 0 Å². The zero-order valence-electron chi connectivity index (χ0n) is 8.29. The minimum atomic E-state index is -0.263. The normalized spacial score (nSPS) is 24.6. The molecule has 0 aromatic heterocycles. The summed E-state index contributed by atoms with van der Waals surface area (Å²) in [5.41, 5.74) is 5.61. The van der Waals surface area contributed by atoms with Gasteiger partial charge >= 0.3 is 0 Å². The van der Waals surface area contributed by atoms with Crippen LogP contribution in [0.15, 0.2) is 0 Å². The first-order valence-corrected chi connectivity index (χ1v) is 5.14. The Morgan fingerprint density at radius 1 is 1.69 bits per heavy atom. The zero-order chi connectivity index (χ0) is 9.68. The second kappa shape index (κ2) is 5.35. The number of rotatable bonds is 5. The Morgan fingerprint density at radius 2 is 2.46 bits per heavy atom. The van der Waals surface area contributed by atoms with E-state index in [4.69, 9.17) is 10.5 Å². The molecule has 0 spiro atoms. The molecule has 1 aliphatic rings. The first-order valence-electron chi connectivity index (χ1n) is 5.14. The molecular formula is C10H19NO2. The molecule has 0 bridgehead atoms. The highest BCUT2D eigenvalue weighted by atomic mass is 16.5. The lowest BCUT2D eigenvalue weighted by Gasteiger charge is -2.10. The van der Waals surface area contributed by atoms with Crippen LogP contribution in [-0.2, 0) is 9.53 Å². The fourth-order valence-electron chi connectivity index (χ4n) is 1.59. The molecule has 0 aliphatic carbocycles. The third-order valence-corrected chi connectivity index (χ3v) is 2.59. The number of hydrogen-bond donors (Lipinski definition) is 1. The fraction of sp³-hybridized carbons (Fsp3) is 0.900. The summed E-state index contributed by atoms with van der Waals surface area (Å²) < 4.78 is 5.42. The maximum atomic E-state index is 11.4. The first kappa shape index (κ1) is 10.7. The third kappa shape index (κ3) is 3.44. The SMILES string of the molecule is CCC(N)C(=O)CCC1CCCO1. The van der Waals surface area contributed by atoms with Crippen molar-refractivity contribution in [3.8, 4) is 0 Å². The summed E-state index contributed by atoms with van der Waals surface area (Å²) >= 11 is 0. The quantitative estimate of drug-likeness (QED) is 0.701. The van der Waals surface area contributed by atoms with E-state index >= 15 is 0 Å². The summed E-state index contributed by atoms with van der Waals surface area (Å²) in [7, 11) is 0. The van der Waals surface area contributed by atoms with Crippen LogP contribution in [0.4, 0.5) is 0 Å². The Bertz CT molecular complexity index is 164. The van der Waals surface area contributed by atoms with E-state index in [1.165, 1.54) is 0 Å². The largest absolute Gasteiger partial charge is 0.378 e. The smallest absolute Gasteiger partial charge is 0.149 e. The minimum absolute atomic E-state index is 0.179. The fourth-order valence-corrected chi connectivity index (χ4v) is 1.59. The lowest BCUT2D eigenvalue weighted by atomic mass is 10.0. The van der Waals surface area contributed by atoms with Gasteiger partial charge in [0.2, 0.25) is 0 Å². The highest BCUT2D eigenvalue weighted by Crippen LogP contribution is 2.17. The van der Waals surface area contributed by atoms with Crippen LogP contribution in [0.25, 0.3) is 0 Å². The van der Waals surface area contributed by atoms with Gasteiger partial charge < -0.3 is 10.5 Å². The van der Waals surface area contributed by atoms with Crippen LogP contribution in [-0.4, -0.2) is 24.5 Å². The molecule has 0 radical (unpaired) electrons. The molecule has 13 heavy (non-hydrogen) atoms. The highest BCUT2D eigenvalue weighted by molar-refractivity contribution is 5.83. The van der Waals surface area contributed by atoms with Crippen molar-refractivity contribution >= 4 is 5.78 Å². The van der Waals surface area contributed by atoms with Crippen molar-refractivity contribution in [3.63, 3.8) is 0 Å². The van der Waals surface area contributed by atoms with Crippen molar-refractivity contribution in [1.82, 2.24) is 0 Å². The Hall–Kier alpha value is -0.410. The summed E-state index contributed by atoms with van der Waals surface area (Å²) in [5.74, 6) is 0.179. The van der Waals surface area contributed by atoms with Crippen molar-refractivity contribution in [1.29, 1.82) is 0 Å². The first-order chi connectivity index (χ1) is 6.24. The van der Waals surface area contributed by atoms with Crippen molar-refractivity contribution in [2.45, 2.75) is 51.2 Å². The van der Waals surface area contributed by atoms with Crippen LogP contribution in [0.1, 0.15) is 39.0 Å². The second-order valence-corrected chi connectivity index (χ2v) is 3.65. The number of nitrogens with two attached hydrogens (primary N) is 1. The number of hydrogen-bond acceptors (Lipinski definition) is 3. The van der Waals surface area contributed by atoms with Gasteiger partial charge in [-0.3, -0.25) is 4.79 Å². The molecule has 76 valence electrons. The molecule has 1 rings (SSSR count). The van der Waals surface area contributed by atoms with Gasteiger partial charge in [-0.05, 0) is 25.7 Å². The van der Waals surface area contributed by atoms with Gasteiger partial charge in [0.05, 0.1) is 12.1 Å². The van der Waals surface area contributed by atoms with Gasteiger partial charge in [0.25, 0.3) is 0 Å². The molecule has 1 aliphatic heterocycles. The van der Waals surface area contributed by atoms with Crippen molar-refractivity contribution in [2.75, 3.05) is 6.61 Å². The average Bonchev–Trinajstić information content (AvgIpc) is 2.65. The van der Waals surface area contributed by atoms with Crippen LogP contribution in [0.2, 0.25) is 0 Å². The maximum Gasteiger partial charge on any atom is 0.149 e. The summed E-state index contributed by atoms with van der Waals surface area (Å²) in [4.78, 5) is 11.4. The summed E-state index contributed by atoms with van der Waals surface area (Å²) in [6.45, 7) is 2.80. The monoisotopic (exact) mass is 185 g/mol. The molecule has 0 aromatic rings. The summed E-state index contributed by atoms with van der Waals surface area (Å²) in [6, 6.07) is -0.263. The molecule has 2 N–H and O–H groups in total. The predicted molar refractivity (Wildman–Crippen MR) is 51.5 cm³/mol. The van der Waals surface area contributed by atoms with E-state index in [0.717, 1.165) is 32.3 Å². The second-order valence-electron chi connectivity index (χ2n) is 3.65. The molecule has 0 amide bonds. The number of carbonyl (C=O) groups excluding carboxylic acids is 1. The molecular weight excluding hydrogens is 166 g/mol. The van der Waals surface area contributed by atoms with E-state index in [1.54, 1.807) is 0 Å². The number of carbonyl (C=O) groups is 1. The molecule has 0 aromatic carbocycles. The van der Waals surface area contributed by atoms with Gasteiger partial charge in [-0.1, -0.05) is 6.92 Å². The van der Waals surface area contributed by atoms with Gasteiger partial charge in [0.15, 0.2) is 0 Å². The van der Waals surface area contributed by atoms with Crippen LogP contribution in [0.5, 0.6) is 0 Å². The average molecular weight is 185 g/mol. The molecule has 1 saturated heterocycles. The van der Waals surface area contributed by atoms with Crippen molar-refractivity contribution < 1.29 is 9.53 Å². The van der Waals surface area contributed by atoms with E-state index in [0.29, 0.717) is 12.5 Å². The van der Waals surface area contributed by atoms with E-state index in [1.807, 2.05) is 6.92 Å². The predicted octanol–water partition coefficient (Wildman–Crippen LogP) is 1.25. The summed E-state index contributed by atoms with van der Waals surface area (Å²) in [5, 5.41) is 0. The van der Waals surface area contributed by atoms with Crippen LogP contribution < -0.4 is 5.73 Å². The van der Waals surface area contributed by atoms with Gasteiger partial charge in [0.1, 0.15) is 5.78 Å². The molecule has 1 heterocycles. The van der Waals surface area contributed by atoms with E-state index in [-0.39, 0.29) is 11.8 Å². The topological polar surface area (TPSA) is 52.3 Å².